The highest BCUT2D eigenvalue weighted by molar-refractivity contribution is 7.99. The van der Waals surface area contributed by atoms with E-state index in [1.165, 1.54) is 17.3 Å². The number of benzene rings is 2. The highest BCUT2D eigenvalue weighted by Gasteiger charge is 2.34. The molecule has 0 bridgehead atoms. The Kier molecular flexibility index (Phi) is 6.41. The predicted molar refractivity (Wildman–Crippen MR) is 126 cm³/mol. The monoisotopic (exact) mass is 448 g/mol. The molecule has 2 heterocycles. The van der Waals surface area contributed by atoms with Gasteiger partial charge in [-0.25, -0.2) is 4.98 Å². The van der Waals surface area contributed by atoms with Crippen LogP contribution in [-0.4, -0.2) is 27.5 Å². The average Bonchev–Trinajstić information content (AvgIpc) is 2.73. The van der Waals surface area contributed by atoms with Gasteiger partial charge in [-0.3, -0.25) is 14.4 Å². The van der Waals surface area contributed by atoms with Gasteiger partial charge < -0.3 is 15.6 Å². The summed E-state index contributed by atoms with van der Waals surface area (Å²) in [4.78, 5) is 45.3. The number of carbonyl (C=O) groups excluding carboxylic acids is 2. The smallest absolute Gasteiger partial charge is 0.257 e. The van der Waals surface area contributed by atoms with Crippen molar-refractivity contribution in [3.8, 4) is 0 Å². The van der Waals surface area contributed by atoms with Gasteiger partial charge in [0.05, 0.1) is 11.5 Å². The highest BCUT2D eigenvalue weighted by atomic mass is 32.2. The summed E-state index contributed by atoms with van der Waals surface area (Å²) in [6, 6.07) is 15.7. The molecule has 0 unspecified atom stereocenters. The lowest BCUT2D eigenvalue weighted by molar-refractivity contribution is -0.123. The van der Waals surface area contributed by atoms with Gasteiger partial charge in [-0.1, -0.05) is 48.2 Å². The van der Waals surface area contributed by atoms with Crippen molar-refractivity contribution < 1.29 is 9.59 Å². The van der Waals surface area contributed by atoms with Gasteiger partial charge in [0.1, 0.15) is 5.82 Å². The van der Waals surface area contributed by atoms with Gasteiger partial charge in [0, 0.05) is 17.9 Å². The molecule has 0 fully saturated rings. The lowest BCUT2D eigenvalue weighted by Crippen LogP contribution is -2.36. The Morgan fingerprint density at radius 2 is 1.84 bits per heavy atom. The van der Waals surface area contributed by atoms with Crippen LogP contribution in [0.1, 0.15) is 34.6 Å². The van der Waals surface area contributed by atoms with Crippen LogP contribution < -0.4 is 16.2 Å². The van der Waals surface area contributed by atoms with Crippen molar-refractivity contribution in [2.45, 2.75) is 37.8 Å². The first kappa shape index (κ1) is 21.8. The molecule has 2 aromatic carbocycles. The molecular weight excluding hydrogens is 424 g/mol. The molecule has 0 saturated carbocycles. The Bertz CT molecular complexity index is 1200. The van der Waals surface area contributed by atoms with E-state index in [1.807, 2.05) is 62.4 Å². The number of carbonyl (C=O) groups is 2. The van der Waals surface area contributed by atoms with E-state index in [0.29, 0.717) is 10.8 Å². The zero-order valence-corrected chi connectivity index (χ0v) is 18.7. The number of nitrogens with one attached hydrogen (secondary N) is 3. The van der Waals surface area contributed by atoms with Crippen molar-refractivity contribution in [3.63, 3.8) is 0 Å². The van der Waals surface area contributed by atoms with E-state index < -0.39 is 17.4 Å². The fourth-order valence-electron chi connectivity index (χ4n) is 3.83. The van der Waals surface area contributed by atoms with Crippen LogP contribution in [0.5, 0.6) is 0 Å². The first-order valence-electron chi connectivity index (χ1n) is 10.4. The molecule has 0 saturated heterocycles. The lowest BCUT2D eigenvalue weighted by Gasteiger charge is -2.23. The first-order valence-corrected chi connectivity index (χ1v) is 11.4. The number of aromatic nitrogens is 2. The van der Waals surface area contributed by atoms with E-state index in [0.717, 1.165) is 23.3 Å². The third-order valence-electron chi connectivity index (χ3n) is 5.21. The van der Waals surface area contributed by atoms with Crippen molar-refractivity contribution >= 4 is 35.1 Å². The number of thioether (sulfide) groups is 1. The molecule has 0 radical (unpaired) electrons. The normalized spacial score (nSPS) is 15.1. The maximum absolute atomic E-state index is 13.0. The number of amides is 2. The third-order valence-corrected chi connectivity index (χ3v) is 6.08. The molecule has 1 aliphatic heterocycles. The third kappa shape index (κ3) is 5.08. The maximum atomic E-state index is 13.0. The number of aryl methyl sites for hydroxylation is 3. The van der Waals surface area contributed by atoms with Gasteiger partial charge >= 0.3 is 0 Å². The van der Waals surface area contributed by atoms with E-state index >= 15 is 0 Å². The second-order valence-electron chi connectivity index (χ2n) is 7.89. The first-order chi connectivity index (χ1) is 15.4. The number of nitrogens with zero attached hydrogens (tertiary/aromatic N) is 1. The molecule has 7 nitrogen and oxygen atoms in total. The molecule has 4 rings (SSSR count). The van der Waals surface area contributed by atoms with E-state index in [9.17, 15) is 14.4 Å². The number of aromatic amines is 1. The second kappa shape index (κ2) is 9.40. The van der Waals surface area contributed by atoms with Crippen LogP contribution in [-0.2, 0) is 16.0 Å². The Labute approximate surface area is 190 Å². The summed E-state index contributed by atoms with van der Waals surface area (Å²) in [6.07, 6.45) is 0.717. The Balaban J connectivity index is 1.53. The summed E-state index contributed by atoms with van der Waals surface area (Å²) in [7, 11) is 0. The molecule has 32 heavy (non-hydrogen) atoms. The topological polar surface area (TPSA) is 104 Å². The van der Waals surface area contributed by atoms with Crippen LogP contribution in [0.2, 0.25) is 0 Å². The van der Waals surface area contributed by atoms with Crippen LogP contribution in [0, 0.1) is 13.8 Å². The number of hydrogen-bond donors (Lipinski definition) is 3. The Morgan fingerprint density at radius 1 is 1.12 bits per heavy atom. The molecule has 1 atom stereocenters. The highest BCUT2D eigenvalue weighted by Crippen LogP contribution is 2.30. The number of anilines is 2. The summed E-state index contributed by atoms with van der Waals surface area (Å²) in [5, 5.41) is 5.91. The summed E-state index contributed by atoms with van der Waals surface area (Å²) >= 11 is 1.40. The van der Waals surface area contributed by atoms with Gasteiger partial charge in [0.25, 0.3) is 5.56 Å². The number of rotatable bonds is 6. The average molecular weight is 449 g/mol. The molecule has 2 amide bonds. The molecule has 3 aromatic rings. The van der Waals surface area contributed by atoms with Crippen LogP contribution in [0.3, 0.4) is 0 Å². The van der Waals surface area contributed by atoms with Gasteiger partial charge in [0.15, 0.2) is 5.16 Å². The van der Waals surface area contributed by atoms with Gasteiger partial charge in [-0.2, -0.15) is 0 Å². The van der Waals surface area contributed by atoms with Crippen molar-refractivity contribution in [1.82, 2.24) is 9.97 Å². The van der Waals surface area contributed by atoms with Crippen LogP contribution in [0.15, 0.2) is 58.5 Å². The number of H-pyrrole nitrogens is 1. The van der Waals surface area contributed by atoms with Gasteiger partial charge in [-0.15, -0.1) is 0 Å². The summed E-state index contributed by atoms with van der Waals surface area (Å²) in [5.74, 6) is -0.762. The number of fused-ring (bicyclic) bond motifs is 1. The van der Waals surface area contributed by atoms with E-state index in [2.05, 4.69) is 20.6 Å². The minimum Gasteiger partial charge on any atom is -0.326 e. The van der Waals surface area contributed by atoms with Crippen molar-refractivity contribution in [1.29, 1.82) is 0 Å². The standard InChI is InChI=1S/C24H24N4O3S/c1-14-10-15(2)12-17(11-14)25-22(30)18-13-19(29)26-21-20(18)23(31)28-24(27-21)32-9-8-16-6-4-3-5-7-16/h3-7,10-12,18H,8-9,13H2,1-2H3,(H,25,30)(H2,26,27,28,29,31)/t18-/m1/s1. The minimum atomic E-state index is -0.904. The predicted octanol–water partition coefficient (Wildman–Crippen LogP) is 3.79. The van der Waals surface area contributed by atoms with Gasteiger partial charge in [-0.05, 0) is 49.1 Å². The lowest BCUT2D eigenvalue weighted by atomic mass is 9.92. The molecular formula is C24H24N4O3S. The zero-order valence-electron chi connectivity index (χ0n) is 17.9. The van der Waals surface area contributed by atoms with E-state index in [-0.39, 0.29) is 23.7 Å². The molecule has 0 spiro atoms. The minimum absolute atomic E-state index is 0.102. The molecule has 0 aliphatic carbocycles. The van der Waals surface area contributed by atoms with Crippen molar-refractivity contribution in [2.24, 2.45) is 0 Å². The van der Waals surface area contributed by atoms with Crippen molar-refractivity contribution in [2.75, 3.05) is 16.4 Å². The van der Waals surface area contributed by atoms with Gasteiger partial charge in [0.2, 0.25) is 11.8 Å². The Morgan fingerprint density at radius 3 is 2.56 bits per heavy atom. The second-order valence-corrected chi connectivity index (χ2v) is 8.97. The molecule has 3 N–H and O–H groups in total. The summed E-state index contributed by atoms with van der Waals surface area (Å²) in [6.45, 7) is 3.88. The maximum Gasteiger partial charge on any atom is 0.257 e. The SMILES string of the molecule is Cc1cc(C)cc(NC(=O)[C@@H]2CC(=O)Nc3nc(SCCc4ccccc4)[nH]c(=O)c32)c1. The summed E-state index contributed by atoms with van der Waals surface area (Å²) in [5.41, 5.74) is 3.64. The Hall–Kier alpha value is -3.39. The van der Waals surface area contributed by atoms with E-state index in [1.54, 1.807) is 0 Å². The van der Waals surface area contributed by atoms with Crippen LogP contribution in [0.25, 0.3) is 0 Å². The largest absolute Gasteiger partial charge is 0.326 e. The van der Waals surface area contributed by atoms with Crippen molar-refractivity contribution in [3.05, 3.63) is 81.1 Å². The quantitative estimate of drug-likeness (QED) is 0.393. The van der Waals surface area contributed by atoms with E-state index in [4.69, 9.17) is 0 Å². The fourth-order valence-corrected chi connectivity index (χ4v) is 4.68. The molecule has 1 aliphatic rings. The molecule has 8 heteroatoms. The molecule has 1 aromatic heterocycles. The molecule has 164 valence electrons. The fraction of sp³-hybridized carbons (Fsp3) is 0.250. The zero-order chi connectivity index (χ0) is 22.7. The summed E-state index contributed by atoms with van der Waals surface area (Å²) < 4.78 is 0. The number of hydrogen-bond acceptors (Lipinski definition) is 5. The van der Waals surface area contributed by atoms with Crippen LogP contribution in [0.4, 0.5) is 11.5 Å². The van der Waals surface area contributed by atoms with Crippen LogP contribution >= 0.6 is 11.8 Å².